The number of ether oxygens (including phenoxy) is 1. The number of amides is 1. The van der Waals surface area contributed by atoms with Crippen LogP contribution in [0.15, 0.2) is 54.1 Å². The first-order valence-corrected chi connectivity index (χ1v) is 7.43. The van der Waals surface area contributed by atoms with E-state index < -0.39 is 18.5 Å². The van der Waals surface area contributed by atoms with E-state index >= 15 is 0 Å². The molecule has 2 aromatic carbocycles. The number of carbonyl (C=O) groups is 2. The molecule has 0 radical (unpaired) electrons. The summed E-state index contributed by atoms with van der Waals surface area (Å²) in [5.41, 5.74) is 1.89. The Hall–Kier alpha value is -3.59. The van der Waals surface area contributed by atoms with Gasteiger partial charge in [-0.1, -0.05) is 30.3 Å². The molecule has 126 valence electrons. The van der Waals surface area contributed by atoms with Gasteiger partial charge in [0.25, 0.3) is 5.91 Å². The predicted octanol–water partition coefficient (Wildman–Crippen LogP) is 3.00. The normalized spacial score (nSPS) is 10.6. The van der Waals surface area contributed by atoms with Crippen molar-refractivity contribution in [1.29, 1.82) is 5.26 Å². The highest BCUT2D eigenvalue weighted by atomic mass is 16.5. The molecule has 0 aliphatic carbocycles. The Labute approximate surface area is 145 Å². The summed E-state index contributed by atoms with van der Waals surface area (Å²) >= 11 is 0. The fraction of sp³-hybridized carbons (Fsp3) is 0.105. The molecule has 2 N–H and O–H groups in total. The van der Waals surface area contributed by atoms with Gasteiger partial charge in [0.1, 0.15) is 17.4 Å². The fourth-order valence-electron chi connectivity index (χ4n) is 2.10. The Kier molecular flexibility index (Phi) is 5.91. The standard InChI is InChI=1S/C19H16N2O4/c1-13-5-4-7-16(9-13)21-19(24)15(11-20)10-14-6-2-3-8-17(14)25-12-18(22)23/h2-10H,12H2,1H3,(H,21,24)(H,22,23)/b15-10+. The molecule has 0 saturated heterocycles. The van der Waals surface area contributed by atoms with Crippen LogP contribution in [-0.4, -0.2) is 23.6 Å². The van der Waals surface area contributed by atoms with Crippen molar-refractivity contribution in [2.24, 2.45) is 0 Å². The van der Waals surface area contributed by atoms with Crippen molar-refractivity contribution in [2.75, 3.05) is 11.9 Å². The summed E-state index contributed by atoms with van der Waals surface area (Å²) in [6.07, 6.45) is 1.36. The van der Waals surface area contributed by atoms with Gasteiger partial charge in [-0.25, -0.2) is 4.79 Å². The highest BCUT2D eigenvalue weighted by Gasteiger charge is 2.12. The second kappa shape index (κ2) is 8.31. The number of anilines is 1. The summed E-state index contributed by atoms with van der Waals surface area (Å²) in [5.74, 6) is -1.39. The van der Waals surface area contributed by atoms with E-state index in [0.29, 0.717) is 11.3 Å². The highest BCUT2D eigenvalue weighted by Crippen LogP contribution is 2.21. The lowest BCUT2D eigenvalue weighted by Gasteiger charge is -2.08. The van der Waals surface area contributed by atoms with Crippen molar-refractivity contribution >= 4 is 23.6 Å². The van der Waals surface area contributed by atoms with Crippen LogP contribution in [0.4, 0.5) is 5.69 Å². The molecule has 6 nitrogen and oxygen atoms in total. The number of hydrogen-bond acceptors (Lipinski definition) is 4. The first kappa shape index (κ1) is 17.8. The minimum absolute atomic E-state index is 0.118. The molecule has 2 aromatic rings. The van der Waals surface area contributed by atoms with Gasteiger partial charge in [-0.05, 0) is 36.8 Å². The van der Waals surface area contributed by atoms with Crippen LogP contribution in [0.2, 0.25) is 0 Å². The molecule has 0 spiro atoms. The van der Waals surface area contributed by atoms with E-state index in [4.69, 9.17) is 9.84 Å². The van der Waals surface area contributed by atoms with Gasteiger partial charge in [-0.15, -0.1) is 0 Å². The van der Waals surface area contributed by atoms with Crippen LogP contribution in [0.1, 0.15) is 11.1 Å². The summed E-state index contributed by atoms with van der Waals surface area (Å²) in [6.45, 7) is 1.38. The molecule has 0 bridgehead atoms. The molecule has 6 heteroatoms. The first-order chi connectivity index (χ1) is 12.0. The number of nitriles is 1. The number of carboxylic acid groups (broad SMARTS) is 1. The Bertz CT molecular complexity index is 866. The third kappa shape index (κ3) is 5.22. The zero-order valence-electron chi connectivity index (χ0n) is 13.5. The maximum absolute atomic E-state index is 12.3. The topological polar surface area (TPSA) is 99.4 Å². The molecule has 0 aliphatic heterocycles. The second-order valence-electron chi connectivity index (χ2n) is 5.21. The molecule has 0 atom stereocenters. The number of carboxylic acids is 1. The molecular formula is C19H16N2O4. The lowest BCUT2D eigenvalue weighted by atomic mass is 10.1. The number of aliphatic carboxylic acids is 1. The number of nitrogens with one attached hydrogen (secondary N) is 1. The second-order valence-corrected chi connectivity index (χ2v) is 5.21. The lowest BCUT2D eigenvalue weighted by molar-refractivity contribution is -0.139. The van der Waals surface area contributed by atoms with Gasteiger partial charge in [-0.3, -0.25) is 4.79 Å². The van der Waals surface area contributed by atoms with Crippen LogP contribution in [-0.2, 0) is 9.59 Å². The van der Waals surface area contributed by atoms with Crippen molar-refractivity contribution in [1.82, 2.24) is 0 Å². The van der Waals surface area contributed by atoms with Crippen LogP contribution in [0.5, 0.6) is 5.75 Å². The van der Waals surface area contributed by atoms with E-state index in [1.807, 2.05) is 19.1 Å². The Morgan fingerprint density at radius 1 is 1.24 bits per heavy atom. The maximum Gasteiger partial charge on any atom is 0.341 e. The number of hydrogen-bond donors (Lipinski definition) is 2. The van der Waals surface area contributed by atoms with Crippen molar-refractivity contribution < 1.29 is 19.4 Å². The Morgan fingerprint density at radius 2 is 2.00 bits per heavy atom. The average Bonchev–Trinajstić information content (AvgIpc) is 2.58. The van der Waals surface area contributed by atoms with E-state index in [9.17, 15) is 14.9 Å². The van der Waals surface area contributed by atoms with Crippen molar-refractivity contribution in [2.45, 2.75) is 6.92 Å². The predicted molar refractivity (Wildman–Crippen MR) is 93.0 cm³/mol. The number of rotatable bonds is 6. The third-order valence-corrected chi connectivity index (χ3v) is 3.21. The molecular weight excluding hydrogens is 320 g/mol. The monoisotopic (exact) mass is 336 g/mol. The summed E-state index contributed by atoms with van der Waals surface area (Å²) in [4.78, 5) is 22.9. The van der Waals surface area contributed by atoms with Gasteiger partial charge < -0.3 is 15.2 Å². The van der Waals surface area contributed by atoms with Crippen molar-refractivity contribution in [3.05, 3.63) is 65.2 Å². The summed E-state index contributed by atoms with van der Waals surface area (Å²) < 4.78 is 5.17. The quantitative estimate of drug-likeness (QED) is 0.624. The van der Waals surface area contributed by atoms with E-state index in [0.717, 1.165) is 5.56 Å². The lowest BCUT2D eigenvalue weighted by Crippen LogP contribution is -2.14. The first-order valence-electron chi connectivity index (χ1n) is 7.43. The molecule has 0 fully saturated rings. The molecule has 1 amide bonds. The SMILES string of the molecule is Cc1cccc(NC(=O)/C(C#N)=C/c2ccccc2OCC(=O)O)c1. The number of nitrogens with zero attached hydrogens (tertiary/aromatic N) is 1. The number of benzene rings is 2. The Balaban J connectivity index is 2.23. The fourth-order valence-corrected chi connectivity index (χ4v) is 2.10. The number of para-hydroxylation sites is 1. The Morgan fingerprint density at radius 3 is 2.68 bits per heavy atom. The molecule has 0 aromatic heterocycles. The van der Waals surface area contributed by atoms with Crippen LogP contribution in [0.25, 0.3) is 6.08 Å². The smallest absolute Gasteiger partial charge is 0.341 e. The third-order valence-electron chi connectivity index (χ3n) is 3.21. The van der Waals surface area contributed by atoms with E-state index in [1.165, 1.54) is 6.08 Å². The van der Waals surface area contributed by atoms with Gasteiger partial charge in [0, 0.05) is 11.3 Å². The van der Waals surface area contributed by atoms with Gasteiger partial charge in [0.05, 0.1) is 0 Å². The van der Waals surface area contributed by atoms with Gasteiger partial charge >= 0.3 is 5.97 Å². The van der Waals surface area contributed by atoms with Gasteiger partial charge in [0.15, 0.2) is 6.61 Å². The van der Waals surface area contributed by atoms with Crippen molar-refractivity contribution in [3.63, 3.8) is 0 Å². The summed E-state index contributed by atoms with van der Waals surface area (Å²) in [6, 6.07) is 15.6. The molecule has 2 rings (SSSR count). The van der Waals surface area contributed by atoms with Gasteiger partial charge in [-0.2, -0.15) is 5.26 Å². The molecule has 0 unspecified atom stereocenters. The van der Waals surface area contributed by atoms with Crippen LogP contribution >= 0.6 is 0 Å². The maximum atomic E-state index is 12.3. The molecule has 0 heterocycles. The number of aryl methyl sites for hydroxylation is 1. The average molecular weight is 336 g/mol. The van der Waals surface area contributed by atoms with E-state index in [-0.39, 0.29) is 11.3 Å². The minimum Gasteiger partial charge on any atom is -0.481 e. The molecule has 0 saturated carbocycles. The molecule has 0 aliphatic rings. The van der Waals surface area contributed by atoms with Crippen LogP contribution in [0.3, 0.4) is 0 Å². The van der Waals surface area contributed by atoms with E-state index in [1.54, 1.807) is 42.5 Å². The molecule has 25 heavy (non-hydrogen) atoms. The largest absolute Gasteiger partial charge is 0.481 e. The summed E-state index contributed by atoms with van der Waals surface area (Å²) in [7, 11) is 0. The van der Waals surface area contributed by atoms with Crippen LogP contribution in [0, 0.1) is 18.3 Å². The number of carbonyl (C=O) groups excluding carboxylic acids is 1. The van der Waals surface area contributed by atoms with E-state index in [2.05, 4.69) is 5.32 Å². The highest BCUT2D eigenvalue weighted by molar-refractivity contribution is 6.09. The summed E-state index contributed by atoms with van der Waals surface area (Å²) in [5, 5.41) is 20.7. The zero-order chi connectivity index (χ0) is 18.2. The minimum atomic E-state index is -1.11. The van der Waals surface area contributed by atoms with Crippen molar-refractivity contribution in [3.8, 4) is 11.8 Å². The van der Waals surface area contributed by atoms with Gasteiger partial charge in [0.2, 0.25) is 0 Å². The zero-order valence-corrected chi connectivity index (χ0v) is 13.5. The van der Waals surface area contributed by atoms with Crippen LogP contribution < -0.4 is 10.1 Å².